The smallest absolute Gasteiger partial charge is 0.743 e. The standard InChI is InChI=1S/C15H23NO6S.Na/c1-3-12(9-11(2)15(18)22-8-4-7-17)13-5-6-14(16-10-13)23(19,20)21;/h5-6,10-12,17H,3-4,7-9H2,1-2H3,(H,19,20,21);/q;+1/p-1. The van der Waals surface area contributed by atoms with Crippen LogP contribution in [0.2, 0.25) is 0 Å². The van der Waals surface area contributed by atoms with Gasteiger partial charge in [-0.1, -0.05) is 19.9 Å². The van der Waals surface area contributed by atoms with E-state index in [1.54, 1.807) is 13.0 Å². The number of aliphatic hydroxyl groups is 1. The summed E-state index contributed by atoms with van der Waals surface area (Å²) in [4.78, 5) is 15.5. The Labute approximate surface area is 164 Å². The number of carbonyl (C=O) groups is 1. The first-order valence-electron chi connectivity index (χ1n) is 7.48. The van der Waals surface area contributed by atoms with Gasteiger partial charge in [0.05, 0.1) is 12.5 Å². The van der Waals surface area contributed by atoms with Gasteiger partial charge in [0.25, 0.3) is 0 Å². The van der Waals surface area contributed by atoms with Crippen LogP contribution in [-0.2, 0) is 19.6 Å². The molecule has 24 heavy (non-hydrogen) atoms. The van der Waals surface area contributed by atoms with Crippen LogP contribution in [0.5, 0.6) is 0 Å². The first-order valence-corrected chi connectivity index (χ1v) is 8.89. The molecule has 9 heteroatoms. The quantitative estimate of drug-likeness (QED) is 0.243. The van der Waals surface area contributed by atoms with Crippen LogP contribution in [0.4, 0.5) is 0 Å². The largest absolute Gasteiger partial charge is 1.00 e. The predicted octanol–water partition coefficient (Wildman–Crippen LogP) is -1.56. The summed E-state index contributed by atoms with van der Waals surface area (Å²) in [5, 5.41) is 8.16. The minimum atomic E-state index is -4.56. The van der Waals surface area contributed by atoms with Crippen molar-refractivity contribution in [3.05, 3.63) is 23.9 Å². The summed E-state index contributed by atoms with van der Waals surface area (Å²) in [7, 11) is -4.56. The summed E-state index contributed by atoms with van der Waals surface area (Å²) >= 11 is 0. The van der Waals surface area contributed by atoms with Crippen molar-refractivity contribution in [2.45, 2.75) is 44.1 Å². The zero-order chi connectivity index (χ0) is 17.5. The van der Waals surface area contributed by atoms with Gasteiger partial charge in [-0.3, -0.25) is 4.79 Å². The molecule has 0 saturated carbocycles. The first kappa shape index (κ1) is 23.5. The number of hydrogen-bond donors (Lipinski definition) is 1. The molecule has 0 aliphatic carbocycles. The molecule has 7 nitrogen and oxygen atoms in total. The van der Waals surface area contributed by atoms with Gasteiger partial charge in [-0.2, -0.15) is 0 Å². The number of pyridine rings is 1. The Morgan fingerprint density at radius 1 is 1.42 bits per heavy atom. The van der Waals surface area contributed by atoms with Crippen LogP contribution < -0.4 is 29.6 Å². The zero-order valence-electron chi connectivity index (χ0n) is 14.3. The molecule has 0 bridgehead atoms. The van der Waals surface area contributed by atoms with Gasteiger partial charge < -0.3 is 14.4 Å². The first-order chi connectivity index (χ1) is 10.8. The van der Waals surface area contributed by atoms with E-state index >= 15 is 0 Å². The molecule has 1 aromatic heterocycles. The maximum absolute atomic E-state index is 11.8. The van der Waals surface area contributed by atoms with E-state index in [0.29, 0.717) is 12.8 Å². The van der Waals surface area contributed by atoms with E-state index in [4.69, 9.17) is 9.84 Å². The summed E-state index contributed by atoms with van der Waals surface area (Å²) in [6.45, 7) is 3.87. The van der Waals surface area contributed by atoms with Gasteiger partial charge in [0.15, 0.2) is 0 Å². The van der Waals surface area contributed by atoms with Gasteiger partial charge in [0.1, 0.15) is 15.1 Å². The van der Waals surface area contributed by atoms with Crippen LogP contribution in [0.15, 0.2) is 23.4 Å². The van der Waals surface area contributed by atoms with Crippen molar-refractivity contribution in [1.82, 2.24) is 4.98 Å². The summed E-state index contributed by atoms with van der Waals surface area (Å²) in [6, 6.07) is 2.74. The average molecular weight is 367 g/mol. The fraction of sp³-hybridized carbons (Fsp3) is 0.600. The molecule has 0 fully saturated rings. The second kappa shape index (κ2) is 11.2. The molecule has 1 heterocycles. The number of hydrogen-bond acceptors (Lipinski definition) is 7. The Balaban J connectivity index is 0.00000529. The zero-order valence-corrected chi connectivity index (χ0v) is 17.1. The topological polar surface area (TPSA) is 117 Å². The third-order valence-corrected chi connectivity index (χ3v) is 4.32. The second-order valence-electron chi connectivity index (χ2n) is 5.37. The Morgan fingerprint density at radius 2 is 2.08 bits per heavy atom. The Bertz CT molecular complexity index is 605. The molecular formula is C15H22NNaO6S. The molecule has 130 valence electrons. The number of rotatable bonds is 9. The number of aliphatic hydroxyl groups excluding tert-OH is 1. The minimum Gasteiger partial charge on any atom is -0.743 e. The molecule has 0 saturated heterocycles. The molecule has 0 aromatic carbocycles. The maximum atomic E-state index is 11.8. The molecular weight excluding hydrogens is 345 g/mol. The Hall–Kier alpha value is -0.510. The maximum Gasteiger partial charge on any atom is 1.00 e. The van der Waals surface area contributed by atoms with Gasteiger partial charge >= 0.3 is 35.5 Å². The van der Waals surface area contributed by atoms with E-state index in [1.165, 1.54) is 12.3 Å². The van der Waals surface area contributed by atoms with Crippen molar-refractivity contribution in [1.29, 1.82) is 0 Å². The van der Waals surface area contributed by atoms with Crippen LogP contribution in [-0.4, -0.2) is 42.2 Å². The summed E-state index contributed by atoms with van der Waals surface area (Å²) in [6.07, 6.45) is 3.03. The average Bonchev–Trinajstić information content (AvgIpc) is 2.51. The molecule has 1 rings (SSSR count). The van der Waals surface area contributed by atoms with Crippen molar-refractivity contribution < 1.29 is 57.2 Å². The fourth-order valence-electron chi connectivity index (χ4n) is 2.22. The molecule has 0 spiro atoms. The van der Waals surface area contributed by atoms with Gasteiger partial charge in [-0.25, -0.2) is 13.4 Å². The van der Waals surface area contributed by atoms with Gasteiger partial charge in [0, 0.05) is 19.2 Å². The Kier molecular flexibility index (Phi) is 10.9. The van der Waals surface area contributed by atoms with E-state index in [9.17, 15) is 17.8 Å². The van der Waals surface area contributed by atoms with Crippen molar-refractivity contribution in [3.8, 4) is 0 Å². The van der Waals surface area contributed by atoms with Crippen LogP contribution in [0, 0.1) is 5.92 Å². The molecule has 0 amide bonds. The second-order valence-corrected chi connectivity index (χ2v) is 6.70. The number of esters is 1. The van der Waals surface area contributed by atoms with Crippen molar-refractivity contribution in [3.63, 3.8) is 0 Å². The van der Waals surface area contributed by atoms with E-state index in [0.717, 1.165) is 12.0 Å². The van der Waals surface area contributed by atoms with Gasteiger partial charge in [-0.15, -0.1) is 0 Å². The summed E-state index contributed by atoms with van der Waals surface area (Å²) in [5.41, 5.74) is 0.773. The van der Waals surface area contributed by atoms with E-state index in [-0.39, 0.29) is 60.6 Å². The Morgan fingerprint density at radius 3 is 2.54 bits per heavy atom. The van der Waals surface area contributed by atoms with E-state index in [2.05, 4.69) is 4.98 Å². The fourth-order valence-corrected chi connectivity index (χ4v) is 2.64. The van der Waals surface area contributed by atoms with E-state index < -0.39 is 15.1 Å². The normalized spacial score (nSPS) is 13.7. The number of aromatic nitrogens is 1. The molecule has 2 unspecified atom stereocenters. The predicted molar refractivity (Wildman–Crippen MR) is 81.7 cm³/mol. The molecule has 0 radical (unpaired) electrons. The van der Waals surface area contributed by atoms with Crippen molar-refractivity contribution >= 4 is 16.1 Å². The van der Waals surface area contributed by atoms with Crippen molar-refractivity contribution in [2.75, 3.05) is 13.2 Å². The monoisotopic (exact) mass is 367 g/mol. The molecule has 1 aromatic rings. The molecule has 0 aliphatic heterocycles. The van der Waals surface area contributed by atoms with Crippen LogP contribution >= 0.6 is 0 Å². The minimum absolute atomic E-state index is 0. The number of carbonyl (C=O) groups excluding carboxylic acids is 1. The van der Waals surface area contributed by atoms with E-state index in [1.807, 2.05) is 6.92 Å². The van der Waals surface area contributed by atoms with Crippen LogP contribution in [0.1, 0.15) is 44.6 Å². The third kappa shape index (κ3) is 7.58. The summed E-state index contributed by atoms with van der Waals surface area (Å²) < 4.78 is 37.7. The van der Waals surface area contributed by atoms with Gasteiger partial charge in [0.2, 0.25) is 0 Å². The van der Waals surface area contributed by atoms with Gasteiger partial charge in [-0.05, 0) is 30.4 Å². The molecule has 0 aliphatic rings. The molecule has 1 N–H and O–H groups in total. The number of nitrogens with zero attached hydrogens (tertiary/aromatic N) is 1. The SMILES string of the molecule is CCC(CC(C)C(=O)OCCCO)c1ccc(S(=O)(=O)[O-])nc1.[Na+]. The third-order valence-electron chi connectivity index (χ3n) is 3.57. The molecule has 2 atom stereocenters. The summed E-state index contributed by atoms with van der Waals surface area (Å²) in [5.74, 6) is -0.656. The van der Waals surface area contributed by atoms with Crippen molar-refractivity contribution in [2.24, 2.45) is 5.92 Å². The van der Waals surface area contributed by atoms with Crippen LogP contribution in [0.3, 0.4) is 0 Å². The van der Waals surface area contributed by atoms with Crippen LogP contribution in [0.25, 0.3) is 0 Å². The number of ether oxygens (including phenoxy) is 1.